The first-order valence-corrected chi connectivity index (χ1v) is 7.92. The molecule has 0 amide bonds. The van der Waals surface area contributed by atoms with Crippen molar-refractivity contribution in [3.8, 4) is 11.1 Å². The smallest absolute Gasteiger partial charge is 0.399 e. The van der Waals surface area contributed by atoms with E-state index in [1.807, 2.05) is 65.0 Å². The Morgan fingerprint density at radius 2 is 1.35 bits per heavy atom. The fourth-order valence-electron chi connectivity index (χ4n) is 2.61. The van der Waals surface area contributed by atoms with Gasteiger partial charge >= 0.3 is 7.12 Å². The van der Waals surface area contributed by atoms with E-state index in [9.17, 15) is 4.39 Å². The molecule has 1 heterocycles. The summed E-state index contributed by atoms with van der Waals surface area (Å²) in [6.45, 7) is 9.89. The Hall–Kier alpha value is -1.65. The summed E-state index contributed by atoms with van der Waals surface area (Å²) in [6.07, 6.45) is 0. The van der Waals surface area contributed by atoms with Crippen molar-refractivity contribution in [1.82, 2.24) is 0 Å². The van der Waals surface area contributed by atoms with Gasteiger partial charge in [-0.1, -0.05) is 42.0 Å². The maximum absolute atomic E-state index is 14.6. The van der Waals surface area contributed by atoms with Crippen molar-refractivity contribution in [2.24, 2.45) is 0 Å². The van der Waals surface area contributed by atoms with Crippen LogP contribution in [0.15, 0.2) is 42.5 Å². The maximum Gasteiger partial charge on any atom is 0.497 e. The number of benzene rings is 2. The Bertz CT molecular complexity index is 707. The summed E-state index contributed by atoms with van der Waals surface area (Å²) in [7, 11) is -0.674. The highest BCUT2D eigenvalue weighted by Crippen LogP contribution is 2.36. The molecule has 4 heteroatoms. The minimum atomic E-state index is -0.674. The van der Waals surface area contributed by atoms with E-state index in [4.69, 9.17) is 9.31 Å². The minimum absolute atomic E-state index is 0.304. The zero-order valence-corrected chi connectivity index (χ0v) is 14.3. The van der Waals surface area contributed by atoms with Crippen molar-refractivity contribution in [1.29, 1.82) is 0 Å². The molecule has 1 aliphatic heterocycles. The van der Waals surface area contributed by atoms with E-state index in [-0.39, 0.29) is 5.82 Å². The van der Waals surface area contributed by atoms with Crippen LogP contribution in [0.3, 0.4) is 0 Å². The van der Waals surface area contributed by atoms with Crippen molar-refractivity contribution >= 4 is 12.6 Å². The van der Waals surface area contributed by atoms with E-state index in [1.54, 1.807) is 12.1 Å². The van der Waals surface area contributed by atoms with Gasteiger partial charge in [-0.15, -0.1) is 0 Å². The second-order valence-corrected chi connectivity index (χ2v) is 7.19. The molecule has 2 nitrogen and oxygen atoms in total. The topological polar surface area (TPSA) is 18.5 Å². The van der Waals surface area contributed by atoms with Crippen LogP contribution in [-0.4, -0.2) is 18.3 Å². The van der Waals surface area contributed by atoms with Crippen LogP contribution >= 0.6 is 0 Å². The summed E-state index contributed by atoms with van der Waals surface area (Å²) in [5.41, 5.74) is 2.53. The third-order valence-corrected chi connectivity index (χ3v) is 4.89. The summed E-state index contributed by atoms with van der Waals surface area (Å²) < 4.78 is 26.5. The summed E-state index contributed by atoms with van der Waals surface area (Å²) in [6, 6.07) is 13.3. The average Bonchev–Trinajstić information content (AvgIpc) is 2.68. The fourth-order valence-corrected chi connectivity index (χ4v) is 2.61. The number of aryl methyl sites for hydroxylation is 1. The number of rotatable bonds is 2. The number of halogens is 1. The highest BCUT2D eigenvalue weighted by atomic mass is 19.1. The van der Waals surface area contributed by atoms with Crippen LogP contribution in [0.1, 0.15) is 33.3 Å². The molecule has 0 saturated carbocycles. The lowest BCUT2D eigenvalue weighted by atomic mass is 9.78. The molecule has 0 atom stereocenters. The largest absolute Gasteiger partial charge is 0.497 e. The molecule has 2 aromatic carbocycles. The monoisotopic (exact) mass is 312 g/mol. The Balaban J connectivity index is 1.90. The van der Waals surface area contributed by atoms with Crippen LogP contribution in [0.4, 0.5) is 4.39 Å². The number of hydrogen-bond acceptors (Lipinski definition) is 2. The van der Waals surface area contributed by atoms with Gasteiger partial charge in [-0.3, -0.25) is 0 Å². The van der Waals surface area contributed by atoms with Gasteiger partial charge in [0.25, 0.3) is 0 Å². The predicted octanol–water partition coefficient (Wildman–Crippen LogP) is 4.10. The molecule has 0 aromatic heterocycles. The normalized spacial score (nSPS) is 19.1. The second-order valence-electron chi connectivity index (χ2n) is 7.19. The van der Waals surface area contributed by atoms with Crippen molar-refractivity contribution in [3.05, 3.63) is 53.8 Å². The molecule has 0 aliphatic carbocycles. The van der Waals surface area contributed by atoms with Crippen molar-refractivity contribution < 1.29 is 13.7 Å². The third-order valence-electron chi connectivity index (χ3n) is 4.89. The molecule has 2 aromatic rings. The molecule has 1 saturated heterocycles. The van der Waals surface area contributed by atoms with Crippen molar-refractivity contribution in [3.63, 3.8) is 0 Å². The molecule has 23 heavy (non-hydrogen) atoms. The lowest BCUT2D eigenvalue weighted by Gasteiger charge is -2.32. The van der Waals surface area contributed by atoms with Gasteiger partial charge in [-0.05, 0) is 51.8 Å². The molecule has 0 unspecified atom stereocenters. The molecular formula is C19H22BFO2. The zero-order valence-electron chi connectivity index (χ0n) is 14.3. The Morgan fingerprint density at radius 3 is 1.87 bits per heavy atom. The lowest BCUT2D eigenvalue weighted by molar-refractivity contribution is 0.00578. The standard InChI is InChI=1S/C19H22BFO2/c1-13-6-8-14(9-7-13)15-10-11-16(17(21)12-15)20-22-18(2,3)19(4,5)23-20/h6-12H,1-5H3. The molecule has 0 bridgehead atoms. The van der Waals surface area contributed by atoms with Gasteiger partial charge in [0.15, 0.2) is 0 Å². The molecule has 3 rings (SSSR count). The molecule has 1 aliphatic rings. The first kappa shape index (κ1) is 16.2. The van der Waals surface area contributed by atoms with Gasteiger partial charge in [0, 0.05) is 5.46 Å². The highest BCUT2D eigenvalue weighted by Gasteiger charge is 2.52. The molecule has 120 valence electrons. The van der Waals surface area contributed by atoms with Crippen molar-refractivity contribution in [2.75, 3.05) is 0 Å². The predicted molar refractivity (Wildman–Crippen MR) is 92.3 cm³/mol. The van der Waals surface area contributed by atoms with Crippen LogP contribution in [0.2, 0.25) is 0 Å². The van der Waals surface area contributed by atoms with Crippen LogP contribution in [0.25, 0.3) is 11.1 Å². The number of hydrogen-bond donors (Lipinski definition) is 0. The lowest BCUT2D eigenvalue weighted by Crippen LogP contribution is -2.41. The van der Waals surface area contributed by atoms with Gasteiger partial charge in [-0.2, -0.15) is 0 Å². The molecular weight excluding hydrogens is 290 g/mol. The summed E-state index contributed by atoms with van der Waals surface area (Å²) in [4.78, 5) is 0. The van der Waals surface area contributed by atoms with E-state index in [0.717, 1.165) is 11.1 Å². The molecule has 0 radical (unpaired) electrons. The first-order chi connectivity index (χ1) is 10.7. The van der Waals surface area contributed by atoms with E-state index < -0.39 is 18.3 Å². The zero-order chi connectivity index (χ0) is 16.8. The van der Waals surface area contributed by atoms with E-state index >= 15 is 0 Å². The van der Waals surface area contributed by atoms with E-state index in [0.29, 0.717) is 5.46 Å². The molecule has 0 spiro atoms. The summed E-state index contributed by atoms with van der Waals surface area (Å²) in [5.74, 6) is -0.304. The van der Waals surface area contributed by atoms with E-state index in [2.05, 4.69) is 0 Å². The van der Waals surface area contributed by atoms with Gasteiger partial charge < -0.3 is 9.31 Å². The van der Waals surface area contributed by atoms with Gasteiger partial charge in [0.2, 0.25) is 0 Å². The average molecular weight is 312 g/mol. The van der Waals surface area contributed by atoms with Crippen LogP contribution < -0.4 is 5.46 Å². The van der Waals surface area contributed by atoms with Gasteiger partial charge in [-0.25, -0.2) is 4.39 Å². The van der Waals surface area contributed by atoms with E-state index in [1.165, 1.54) is 5.56 Å². The summed E-state index contributed by atoms with van der Waals surface area (Å²) >= 11 is 0. The fraction of sp³-hybridized carbons (Fsp3) is 0.368. The van der Waals surface area contributed by atoms with Crippen LogP contribution in [0, 0.1) is 12.7 Å². The van der Waals surface area contributed by atoms with Gasteiger partial charge in [0.1, 0.15) is 5.82 Å². The summed E-state index contributed by atoms with van der Waals surface area (Å²) in [5, 5.41) is 0. The molecule has 0 N–H and O–H groups in total. The van der Waals surface area contributed by atoms with Crippen LogP contribution in [0.5, 0.6) is 0 Å². The highest BCUT2D eigenvalue weighted by molar-refractivity contribution is 6.62. The third kappa shape index (κ3) is 2.93. The maximum atomic E-state index is 14.6. The van der Waals surface area contributed by atoms with Gasteiger partial charge in [0.05, 0.1) is 11.2 Å². The van der Waals surface area contributed by atoms with Crippen LogP contribution in [-0.2, 0) is 9.31 Å². The Kier molecular flexibility index (Phi) is 3.85. The minimum Gasteiger partial charge on any atom is -0.399 e. The Labute approximate surface area is 137 Å². The quantitative estimate of drug-likeness (QED) is 0.777. The Morgan fingerprint density at radius 1 is 0.826 bits per heavy atom. The van der Waals surface area contributed by atoms with Crippen molar-refractivity contribution in [2.45, 2.75) is 45.8 Å². The first-order valence-electron chi connectivity index (χ1n) is 7.92. The molecule has 1 fully saturated rings. The SMILES string of the molecule is Cc1ccc(-c2ccc(B3OC(C)(C)C(C)(C)O3)c(F)c2)cc1. The second kappa shape index (κ2) is 5.46.